The van der Waals surface area contributed by atoms with Crippen LogP contribution in [-0.2, 0) is 9.53 Å². The predicted octanol–water partition coefficient (Wildman–Crippen LogP) is 4.02. The lowest BCUT2D eigenvalue weighted by Crippen LogP contribution is -1.99. The molecule has 0 amide bonds. The maximum atomic E-state index is 10.5. The average Bonchev–Trinajstić information content (AvgIpc) is 2.25. The van der Waals surface area contributed by atoms with Crippen LogP contribution in [0.5, 0.6) is 0 Å². The fourth-order valence-corrected chi connectivity index (χ4v) is 1.27. The highest BCUT2D eigenvalue weighted by molar-refractivity contribution is 5.65. The second-order valence-electron chi connectivity index (χ2n) is 3.83. The van der Waals surface area contributed by atoms with Crippen LogP contribution in [0, 0.1) is 0 Å². The Labute approximate surface area is 99.4 Å². The standard InChI is InChI=1S/C14H24O2/c1-3-4-5-6-7-8-9-10-11-12-13-16-14(2)15/h5-8H,3-4,9-13H2,1-2H3/b6-5-,8-7-. The summed E-state index contributed by atoms with van der Waals surface area (Å²) in [6.45, 7) is 4.19. The summed E-state index contributed by atoms with van der Waals surface area (Å²) in [4.78, 5) is 10.5. The van der Waals surface area contributed by atoms with Crippen LogP contribution in [0.2, 0.25) is 0 Å². The van der Waals surface area contributed by atoms with Crippen LogP contribution in [0.3, 0.4) is 0 Å². The van der Waals surface area contributed by atoms with E-state index < -0.39 is 0 Å². The van der Waals surface area contributed by atoms with Gasteiger partial charge in [0.05, 0.1) is 6.61 Å². The Morgan fingerprint density at radius 3 is 2.38 bits per heavy atom. The lowest BCUT2D eigenvalue weighted by molar-refractivity contribution is -0.141. The Morgan fingerprint density at radius 2 is 1.75 bits per heavy atom. The number of carbonyl (C=O) groups is 1. The van der Waals surface area contributed by atoms with E-state index in [1.54, 1.807) is 0 Å². The second-order valence-corrected chi connectivity index (χ2v) is 3.83. The molecule has 0 bridgehead atoms. The fourth-order valence-electron chi connectivity index (χ4n) is 1.27. The van der Waals surface area contributed by atoms with Crippen LogP contribution in [0.1, 0.15) is 52.4 Å². The SMILES string of the molecule is CCC/C=C\C=C/CCCCCOC(C)=O. The monoisotopic (exact) mass is 224 g/mol. The quantitative estimate of drug-likeness (QED) is 0.336. The van der Waals surface area contributed by atoms with Gasteiger partial charge in [0.1, 0.15) is 0 Å². The van der Waals surface area contributed by atoms with Crippen molar-refractivity contribution in [2.45, 2.75) is 52.4 Å². The van der Waals surface area contributed by atoms with E-state index in [1.807, 2.05) is 0 Å². The Kier molecular flexibility index (Phi) is 11.2. The van der Waals surface area contributed by atoms with Crippen LogP contribution in [-0.4, -0.2) is 12.6 Å². The van der Waals surface area contributed by atoms with Gasteiger partial charge in [-0.25, -0.2) is 0 Å². The van der Waals surface area contributed by atoms with Crippen molar-refractivity contribution in [3.63, 3.8) is 0 Å². The van der Waals surface area contributed by atoms with Crippen molar-refractivity contribution in [1.82, 2.24) is 0 Å². The largest absolute Gasteiger partial charge is 0.466 e. The molecule has 0 radical (unpaired) electrons. The number of hydrogen-bond acceptors (Lipinski definition) is 2. The van der Waals surface area contributed by atoms with Crippen LogP contribution >= 0.6 is 0 Å². The molecule has 0 aromatic rings. The number of carbonyl (C=O) groups excluding carboxylic acids is 1. The van der Waals surface area contributed by atoms with Gasteiger partial charge in [-0.2, -0.15) is 0 Å². The first kappa shape index (κ1) is 14.9. The van der Waals surface area contributed by atoms with E-state index >= 15 is 0 Å². The highest BCUT2D eigenvalue weighted by atomic mass is 16.5. The first-order valence-corrected chi connectivity index (χ1v) is 6.22. The second kappa shape index (κ2) is 12.0. The predicted molar refractivity (Wildman–Crippen MR) is 68.3 cm³/mol. The van der Waals surface area contributed by atoms with Crippen molar-refractivity contribution < 1.29 is 9.53 Å². The van der Waals surface area contributed by atoms with Gasteiger partial charge in [-0.1, -0.05) is 37.6 Å². The molecule has 0 aromatic heterocycles. The molecule has 0 aliphatic carbocycles. The Bertz CT molecular complexity index is 217. The fraction of sp³-hybridized carbons (Fsp3) is 0.643. The van der Waals surface area contributed by atoms with E-state index in [2.05, 4.69) is 31.2 Å². The summed E-state index contributed by atoms with van der Waals surface area (Å²) in [5.41, 5.74) is 0. The number of esters is 1. The Hall–Kier alpha value is -1.05. The van der Waals surface area contributed by atoms with Crippen LogP contribution < -0.4 is 0 Å². The molecule has 0 rings (SSSR count). The number of rotatable bonds is 9. The van der Waals surface area contributed by atoms with Crippen LogP contribution in [0.25, 0.3) is 0 Å². The van der Waals surface area contributed by atoms with Gasteiger partial charge in [-0.05, 0) is 32.1 Å². The van der Waals surface area contributed by atoms with E-state index in [-0.39, 0.29) is 5.97 Å². The van der Waals surface area contributed by atoms with Gasteiger partial charge in [0.15, 0.2) is 0 Å². The zero-order valence-electron chi connectivity index (χ0n) is 10.6. The maximum Gasteiger partial charge on any atom is 0.302 e. The average molecular weight is 224 g/mol. The van der Waals surface area contributed by atoms with Crippen molar-refractivity contribution in [2.75, 3.05) is 6.61 Å². The number of hydrogen-bond donors (Lipinski definition) is 0. The molecule has 0 unspecified atom stereocenters. The van der Waals surface area contributed by atoms with Crippen molar-refractivity contribution in [3.05, 3.63) is 24.3 Å². The molecule has 0 fully saturated rings. The van der Waals surface area contributed by atoms with Crippen molar-refractivity contribution in [2.24, 2.45) is 0 Å². The van der Waals surface area contributed by atoms with Crippen molar-refractivity contribution in [1.29, 1.82) is 0 Å². The molecule has 0 aromatic carbocycles. The van der Waals surface area contributed by atoms with E-state index in [9.17, 15) is 4.79 Å². The Balaban J connectivity index is 3.17. The van der Waals surface area contributed by atoms with Gasteiger partial charge in [0, 0.05) is 6.92 Å². The van der Waals surface area contributed by atoms with E-state index in [0.29, 0.717) is 6.61 Å². The van der Waals surface area contributed by atoms with E-state index in [1.165, 1.54) is 19.8 Å². The molecular weight excluding hydrogens is 200 g/mol. The van der Waals surface area contributed by atoms with E-state index in [4.69, 9.17) is 4.74 Å². The third-order valence-corrected chi connectivity index (χ3v) is 2.16. The lowest BCUT2D eigenvalue weighted by atomic mass is 10.2. The zero-order chi connectivity index (χ0) is 12.1. The summed E-state index contributed by atoms with van der Waals surface area (Å²) in [5.74, 6) is -0.180. The molecule has 0 saturated carbocycles. The van der Waals surface area contributed by atoms with Crippen LogP contribution in [0.15, 0.2) is 24.3 Å². The highest BCUT2D eigenvalue weighted by Crippen LogP contribution is 2.01. The van der Waals surface area contributed by atoms with Gasteiger partial charge >= 0.3 is 5.97 Å². The molecule has 2 nitrogen and oxygen atoms in total. The number of allylic oxidation sites excluding steroid dienone is 4. The molecule has 2 heteroatoms. The molecule has 0 heterocycles. The molecule has 0 N–H and O–H groups in total. The lowest BCUT2D eigenvalue weighted by Gasteiger charge is -1.99. The van der Waals surface area contributed by atoms with Gasteiger partial charge < -0.3 is 4.74 Å². The molecule has 16 heavy (non-hydrogen) atoms. The third kappa shape index (κ3) is 12.9. The van der Waals surface area contributed by atoms with Crippen molar-refractivity contribution >= 4 is 5.97 Å². The molecule has 92 valence electrons. The molecular formula is C14H24O2. The number of unbranched alkanes of at least 4 members (excludes halogenated alkanes) is 4. The molecule has 0 atom stereocenters. The highest BCUT2D eigenvalue weighted by Gasteiger charge is 1.91. The smallest absolute Gasteiger partial charge is 0.302 e. The first-order chi connectivity index (χ1) is 7.77. The normalized spacial score (nSPS) is 11.4. The third-order valence-electron chi connectivity index (χ3n) is 2.16. The molecule has 0 saturated heterocycles. The van der Waals surface area contributed by atoms with Gasteiger partial charge in [0.25, 0.3) is 0 Å². The number of ether oxygens (including phenoxy) is 1. The minimum absolute atomic E-state index is 0.180. The first-order valence-electron chi connectivity index (χ1n) is 6.22. The summed E-state index contributed by atoms with van der Waals surface area (Å²) in [6, 6.07) is 0. The molecule has 0 aliphatic heterocycles. The minimum atomic E-state index is -0.180. The van der Waals surface area contributed by atoms with Gasteiger partial charge in [-0.3, -0.25) is 4.79 Å². The van der Waals surface area contributed by atoms with Gasteiger partial charge in [-0.15, -0.1) is 0 Å². The van der Waals surface area contributed by atoms with Crippen LogP contribution in [0.4, 0.5) is 0 Å². The minimum Gasteiger partial charge on any atom is -0.466 e. The summed E-state index contributed by atoms with van der Waals surface area (Å²) < 4.78 is 4.85. The van der Waals surface area contributed by atoms with E-state index in [0.717, 1.165) is 25.7 Å². The van der Waals surface area contributed by atoms with Gasteiger partial charge in [0.2, 0.25) is 0 Å². The Morgan fingerprint density at radius 1 is 1.06 bits per heavy atom. The summed E-state index contributed by atoms with van der Waals surface area (Å²) >= 11 is 0. The molecule has 0 aliphatic rings. The molecule has 0 spiro atoms. The summed E-state index contributed by atoms with van der Waals surface area (Å²) in [7, 11) is 0. The summed E-state index contributed by atoms with van der Waals surface area (Å²) in [5, 5.41) is 0. The summed E-state index contributed by atoms with van der Waals surface area (Å²) in [6.07, 6.45) is 15.3. The zero-order valence-corrected chi connectivity index (χ0v) is 10.6. The van der Waals surface area contributed by atoms with Crippen molar-refractivity contribution in [3.8, 4) is 0 Å². The topological polar surface area (TPSA) is 26.3 Å². The maximum absolute atomic E-state index is 10.5.